The van der Waals surface area contributed by atoms with Gasteiger partial charge in [-0.05, 0) is 62.8 Å². The largest absolute Gasteiger partial charge is 0.504 e. The number of ether oxygens (including phenoxy) is 2. The number of aliphatic hydroxyl groups excluding tert-OH is 1. The normalized spacial score (nSPS) is 47.0. The van der Waals surface area contributed by atoms with Crippen LogP contribution in [-0.2, 0) is 23.9 Å². The van der Waals surface area contributed by atoms with Gasteiger partial charge in [-0.2, -0.15) is 0 Å². The fraction of sp³-hybridized carbons (Fsp3) is 0.607. The molecular formula is C28H32O7. The van der Waals surface area contributed by atoms with E-state index in [2.05, 4.69) is 6.92 Å². The van der Waals surface area contributed by atoms with Crippen molar-refractivity contribution in [3.05, 3.63) is 47.6 Å². The molecule has 0 amide bonds. The van der Waals surface area contributed by atoms with Crippen LogP contribution in [0.25, 0.3) is 0 Å². The van der Waals surface area contributed by atoms with Crippen LogP contribution in [0.2, 0.25) is 0 Å². The van der Waals surface area contributed by atoms with Crippen molar-refractivity contribution in [2.45, 2.75) is 78.1 Å². The number of allylic oxidation sites excluding steroid dienone is 4. The molecule has 186 valence electrons. The molecule has 3 fully saturated rings. The van der Waals surface area contributed by atoms with E-state index in [1.807, 2.05) is 19.9 Å². The highest BCUT2D eigenvalue weighted by Gasteiger charge is 2.88. The zero-order valence-electron chi connectivity index (χ0n) is 21.0. The van der Waals surface area contributed by atoms with E-state index in [1.54, 1.807) is 38.5 Å². The lowest BCUT2D eigenvalue weighted by Gasteiger charge is -2.64. The highest BCUT2D eigenvalue weighted by Crippen LogP contribution is 2.81. The number of esters is 1. The second-order valence-corrected chi connectivity index (χ2v) is 12.3. The van der Waals surface area contributed by atoms with Gasteiger partial charge >= 0.3 is 5.97 Å². The third-order valence-electron chi connectivity index (χ3n) is 10.4. The van der Waals surface area contributed by atoms with Gasteiger partial charge in [0.05, 0.1) is 29.5 Å². The highest BCUT2D eigenvalue weighted by atomic mass is 16.6. The molecule has 1 N–H and O–H groups in total. The van der Waals surface area contributed by atoms with Gasteiger partial charge in [0.15, 0.2) is 11.5 Å². The van der Waals surface area contributed by atoms with Crippen LogP contribution >= 0.6 is 0 Å². The van der Waals surface area contributed by atoms with Gasteiger partial charge in [0, 0.05) is 23.7 Å². The Morgan fingerprint density at radius 1 is 1.17 bits per heavy atom. The van der Waals surface area contributed by atoms with Gasteiger partial charge in [0.1, 0.15) is 11.7 Å². The molecule has 2 saturated carbocycles. The van der Waals surface area contributed by atoms with Gasteiger partial charge < -0.3 is 19.0 Å². The van der Waals surface area contributed by atoms with E-state index in [0.29, 0.717) is 18.4 Å². The van der Waals surface area contributed by atoms with Crippen molar-refractivity contribution in [1.82, 2.24) is 0 Å². The molecule has 7 nitrogen and oxygen atoms in total. The molecule has 7 heteroatoms. The predicted octanol–water partition coefficient (Wildman–Crippen LogP) is 4.43. The maximum absolute atomic E-state index is 14.3. The Morgan fingerprint density at radius 3 is 2.51 bits per heavy atom. The Morgan fingerprint density at radius 2 is 1.89 bits per heavy atom. The lowest BCUT2D eigenvalue weighted by atomic mass is 9.38. The van der Waals surface area contributed by atoms with Crippen LogP contribution in [0.1, 0.15) is 65.9 Å². The first kappa shape index (κ1) is 22.8. The van der Waals surface area contributed by atoms with Gasteiger partial charge in [-0.3, -0.25) is 14.4 Å². The van der Waals surface area contributed by atoms with Gasteiger partial charge in [-0.15, -0.1) is 0 Å². The number of carbonyl (C=O) groups is 3. The van der Waals surface area contributed by atoms with Crippen molar-refractivity contribution < 1.29 is 33.4 Å². The van der Waals surface area contributed by atoms with Gasteiger partial charge in [-0.1, -0.05) is 19.9 Å². The highest BCUT2D eigenvalue weighted by molar-refractivity contribution is 6.06. The Kier molecular flexibility index (Phi) is 4.14. The monoisotopic (exact) mass is 480 g/mol. The molecule has 1 aromatic heterocycles. The van der Waals surface area contributed by atoms with Crippen LogP contribution in [0.3, 0.4) is 0 Å². The van der Waals surface area contributed by atoms with E-state index in [4.69, 9.17) is 13.9 Å². The average molecular weight is 481 g/mol. The quantitative estimate of drug-likeness (QED) is 0.493. The number of hydrogen-bond donors (Lipinski definition) is 1. The molecule has 1 saturated heterocycles. The molecule has 4 aliphatic carbocycles. The Balaban J connectivity index is 1.62. The summed E-state index contributed by atoms with van der Waals surface area (Å²) in [6, 6.07) is 1.95. The second kappa shape index (κ2) is 6.36. The number of furan rings is 1. The van der Waals surface area contributed by atoms with Crippen molar-refractivity contribution in [1.29, 1.82) is 0 Å². The molecule has 1 aromatic rings. The zero-order chi connectivity index (χ0) is 25.3. The summed E-state index contributed by atoms with van der Waals surface area (Å²) in [6.45, 7) is 10.8. The van der Waals surface area contributed by atoms with Crippen LogP contribution in [0.5, 0.6) is 0 Å². The minimum Gasteiger partial charge on any atom is -0.504 e. The summed E-state index contributed by atoms with van der Waals surface area (Å²) in [5, 5.41) is 11.5. The lowest BCUT2D eigenvalue weighted by Crippen LogP contribution is -2.70. The van der Waals surface area contributed by atoms with Crippen LogP contribution in [0, 0.1) is 27.6 Å². The van der Waals surface area contributed by atoms with Crippen molar-refractivity contribution in [3.63, 3.8) is 0 Å². The SMILES string of the molecule is CC(=O)OC1C[C@@]2(C)[C@H](c3ccoc3)C[C@H]3O[C@]32[C@]2(C)C(=O)C(O)=C3C(C)(C)C(=O)C=C[C@]3(C)C12. The summed E-state index contributed by atoms with van der Waals surface area (Å²) in [6.07, 6.45) is 7.17. The smallest absolute Gasteiger partial charge is 0.302 e. The van der Waals surface area contributed by atoms with Crippen LogP contribution in [0.15, 0.2) is 46.5 Å². The molecule has 0 aromatic carbocycles. The van der Waals surface area contributed by atoms with E-state index in [9.17, 15) is 19.5 Å². The van der Waals surface area contributed by atoms with E-state index in [0.717, 1.165) is 5.56 Å². The molecule has 2 unspecified atom stereocenters. The maximum atomic E-state index is 14.3. The molecule has 2 heterocycles. The van der Waals surface area contributed by atoms with Crippen LogP contribution in [-0.4, -0.2) is 40.5 Å². The Labute approximate surface area is 204 Å². The number of carbonyl (C=O) groups excluding carboxylic acids is 3. The number of hydrogen-bond acceptors (Lipinski definition) is 7. The molecule has 35 heavy (non-hydrogen) atoms. The van der Waals surface area contributed by atoms with Crippen molar-refractivity contribution in [3.8, 4) is 0 Å². The number of aliphatic hydroxyl groups is 1. The van der Waals surface area contributed by atoms with Crippen molar-refractivity contribution in [2.75, 3.05) is 0 Å². The fourth-order valence-corrected chi connectivity index (χ4v) is 9.22. The van der Waals surface area contributed by atoms with E-state index < -0.39 is 51.0 Å². The van der Waals surface area contributed by atoms with Crippen LogP contribution in [0.4, 0.5) is 0 Å². The minimum atomic E-state index is -1.17. The summed E-state index contributed by atoms with van der Waals surface area (Å²) < 4.78 is 17.9. The van der Waals surface area contributed by atoms with E-state index in [1.165, 1.54) is 6.92 Å². The van der Waals surface area contributed by atoms with Crippen LogP contribution < -0.4 is 0 Å². The number of fused-ring (bicyclic) bond motifs is 3. The molecule has 1 aliphatic heterocycles. The van der Waals surface area contributed by atoms with E-state index >= 15 is 0 Å². The molecule has 0 bridgehead atoms. The molecule has 5 aliphatic rings. The molecule has 1 spiro atoms. The summed E-state index contributed by atoms with van der Waals surface area (Å²) in [5.74, 6) is -1.84. The summed E-state index contributed by atoms with van der Waals surface area (Å²) in [5.41, 5.74) is -3.06. The molecule has 6 rings (SSSR count). The number of epoxide rings is 1. The first-order chi connectivity index (χ1) is 16.3. The van der Waals surface area contributed by atoms with E-state index in [-0.39, 0.29) is 23.6 Å². The topological polar surface area (TPSA) is 106 Å². The lowest BCUT2D eigenvalue weighted by molar-refractivity contribution is -0.200. The van der Waals surface area contributed by atoms with Crippen molar-refractivity contribution >= 4 is 17.5 Å². The Bertz CT molecular complexity index is 1240. The fourth-order valence-electron chi connectivity index (χ4n) is 9.22. The second-order valence-electron chi connectivity index (χ2n) is 12.3. The predicted molar refractivity (Wildman–Crippen MR) is 124 cm³/mol. The number of Topliss-reactive ketones (excluding diaryl/α,β-unsaturated/α-hetero) is 1. The molecule has 0 radical (unpaired) electrons. The summed E-state index contributed by atoms with van der Waals surface area (Å²) >= 11 is 0. The maximum Gasteiger partial charge on any atom is 0.302 e. The summed E-state index contributed by atoms with van der Waals surface area (Å²) in [7, 11) is 0. The van der Waals surface area contributed by atoms with Gasteiger partial charge in [0.25, 0.3) is 0 Å². The summed E-state index contributed by atoms with van der Waals surface area (Å²) in [4.78, 5) is 39.6. The first-order valence-electron chi connectivity index (χ1n) is 12.4. The molecular weight excluding hydrogens is 448 g/mol. The standard InChI is InChI=1S/C28H32O7/c1-14(29)34-17-12-26(5)16(15-8-10-33-13-15)11-19-28(26,35-19)27(6)21(17)25(4)9-7-18(30)24(2,3)22(25)20(31)23(27)32/h7-10,13,16-17,19,21,31H,11-12H2,1-6H3/t16-,17?,19+,21?,25+,26-,27-,28+/m0/s1. The first-order valence-corrected chi connectivity index (χ1v) is 12.4. The number of rotatable bonds is 2. The zero-order valence-corrected chi connectivity index (χ0v) is 21.0. The number of ketones is 2. The third kappa shape index (κ3) is 2.30. The van der Waals surface area contributed by atoms with Gasteiger partial charge in [-0.25, -0.2) is 0 Å². The minimum absolute atomic E-state index is 0.0453. The average Bonchev–Trinajstić information content (AvgIpc) is 3.13. The molecule has 8 atom stereocenters. The third-order valence-corrected chi connectivity index (χ3v) is 10.4. The Hall–Kier alpha value is -2.67. The van der Waals surface area contributed by atoms with Crippen molar-refractivity contribution in [2.24, 2.45) is 27.6 Å². The van der Waals surface area contributed by atoms with Gasteiger partial charge in [0.2, 0.25) is 5.78 Å².